The van der Waals surface area contributed by atoms with E-state index in [1.54, 1.807) is 0 Å². The summed E-state index contributed by atoms with van der Waals surface area (Å²) in [7, 11) is 0. The number of hydrogen-bond donors (Lipinski definition) is 1. The molecule has 1 heterocycles. The van der Waals surface area contributed by atoms with Gasteiger partial charge in [0.15, 0.2) is 5.78 Å². The van der Waals surface area contributed by atoms with E-state index in [9.17, 15) is 14.4 Å². The molecular formula is C15H30N2O3. The topological polar surface area (TPSA) is 80.5 Å². The van der Waals surface area contributed by atoms with Gasteiger partial charge in [0.2, 0.25) is 0 Å². The molecule has 0 fully saturated rings. The lowest BCUT2D eigenvalue weighted by Crippen LogP contribution is -2.48. The molecule has 0 saturated heterocycles. The highest BCUT2D eigenvalue weighted by Crippen LogP contribution is 2.08. The molecule has 5 heteroatoms. The van der Waals surface area contributed by atoms with Gasteiger partial charge in [-0.3, -0.25) is 19.3 Å². The summed E-state index contributed by atoms with van der Waals surface area (Å²) in [5.41, 5.74) is 5.28. The summed E-state index contributed by atoms with van der Waals surface area (Å²) < 4.78 is 0. The predicted octanol–water partition coefficient (Wildman–Crippen LogP) is 2.30. The van der Waals surface area contributed by atoms with Gasteiger partial charge in [0.25, 0.3) is 11.8 Å². The van der Waals surface area contributed by atoms with Gasteiger partial charge in [-0.05, 0) is 6.92 Å². The number of ketones is 1. The van der Waals surface area contributed by atoms with Crippen LogP contribution in [0.25, 0.3) is 0 Å². The van der Waals surface area contributed by atoms with Crippen molar-refractivity contribution in [3.63, 3.8) is 0 Å². The van der Waals surface area contributed by atoms with E-state index in [1.807, 2.05) is 27.7 Å². The van der Waals surface area contributed by atoms with Crippen LogP contribution in [0, 0.1) is 0 Å². The van der Waals surface area contributed by atoms with Gasteiger partial charge in [0.1, 0.15) is 6.04 Å². The fraction of sp³-hybridized carbons (Fsp3) is 0.667. The van der Waals surface area contributed by atoms with Crippen molar-refractivity contribution in [2.24, 2.45) is 5.73 Å². The lowest BCUT2D eigenvalue weighted by atomic mass is 10.2. The van der Waals surface area contributed by atoms with Gasteiger partial charge in [0, 0.05) is 18.7 Å². The zero-order valence-corrected chi connectivity index (χ0v) is 13.9. The maximum absolute atomic E-state index is 11.1. The molecule has 1 rings (SSSR count). The second-order valence-corrected chi connectivity index (χ2v) is 3.45. The van der Waals surface area contributed by atoms with Crippen molar-refractivity contribution < 1.29 is 14.4 Å². The molecular weight excluding hydrogens is 256 g/mol. The van der Waals surface area contributed by atoms with E-state index in [0.717, 1.165) is 17.1 Å². The van der Waals surface area contributed by atoms with Crippen LogP contribution in [0.2, 0.25) is 0 Å². The van der Waals surface area contributed by atoms with Crippen LogP contribution in [-0.4, -0.2) is 35.1 Å². The summed E-state index contributed by atoms with van der Waals surface area (Å²) in [6.45, 7) is 13.5. The summed E-state index contributed by atoms with van der Waals surface area (Å²) in [5, 5.41) is 0. The van der Waals surface area contributed by atoms with Crippen LogP contribution in [-0.2, 0) is 14.4 Å². The number of nitrogens with zero attached hydrogens (tertiary/aromatic N) is 1. The van der Waals surface area contributed by atoms with Crippen molar-refractivity contribution in [3.05, 3.63) is 12.2 Å². The summed E-state index contributed by atoms with van der Waals surface area (Å²) >= 11 is 0. The van der Waals surface area contributed by atoms with E-state index < -0.39 is 17.9 Å². The van der Waals surface area contributed by atoms with Gasteiger partial charge in [-0.1, -0.05) is 48.0 Å². The van der Waals surface area contributed by atoms with Crippen LogP contribution in [0.4, 0.5) is 0 Å². The quantitative estimate of drug-likeness (QED) is 0.807. The van der Waals surface area contributed by atoms with Crippen LogP contribution >= 0.6 is 0 Å². The lowest BCUT2D eigenvalue weighted by Gasteiger charge is -2.21. The smallest absolute Gasteiger partial charge is 0.254 e. The third-order valence-electron chi connectivity index (χ3n) is 1.85. The molecule has 5 nitrogen and oxygen atoms in total. The van der Waals surface area contributed by atoms with Crippen LogP contribution < -0.4 is 5.73 Å². The molecule has 0 bridgehead atoms. The van der Waals surface area contributed by atoms with E-state index in [2.05, 4.69) is 13.8 Å². The number of Topliss-reactive ketones (excluding diaryl/α,β-unsaturated/α-hetero) is 1. The Labute approximate surface area is 123 Å². The summed E-state index contributed by atoms with van der Waals surface area (Å²) in [5.74, 6) is -1.24. The van der Waals surface area contributed by atoms with Crippen molar-refractivity contribution in [2.45, 2.75) is 60.9 Å². The van der Waals surface area contributed by atoms with Gasteiger partial charge < -0.3 is 5.73 Å². The minimum atomic E-state index is -0.824. The lowest BCUT2D eigenvalue weighted by molar-refractivity contribution is -0.143. The molecule has 2 amide bonds. The Balaban J connectivity index is -0.000000355. The van der Waals surface area contributed by atoms with Gasteiger partial charge >= 0.3 is 0 Å². The Morgan fingerprint density at radius 2 is 1.40 bits per heavy atom. The summed E-state index contributed by atoms with van der Waals surface area (Å²) in [6, 6.07) is -0.824. The first-order chi connectivity index (χ1) is 9.49. The minimum absolute atomic E-state index is 0.0332. The summed E-state index contributed by atoms with van der Waals surface area (Å²) in [4.78, 5) is 34.1. The number of hydrogen-bond acceptors (Lipinski definition) is 4. The first-order valence-corrected chi connectivity index (χ1v) is 7.25. The Hall–Kier alpha value is -1.49. The number of amides is 2. The molecule has 0 saturated carbocycles. The molecule has 0 aromatic rings. The van der Waals surface area contributed by atoms with E-state index in [4.69, 9.17) is 5.73 Å². The van der Waals surface area contributed by atoms with Gasteiger partial charge in [0.05, 0.1) is 0 Å². The Morgan fingerprint density at radius 1 is 1.10 bits per heavy atom. The molecule has 1 aliphatic heterocycles. The molecule has 2 N–H and O–H groups in total. The van der Waals surface area contributed by atoms with Gasteiger partial charge in [-0.25, -0.2) is 0 Å². The Kier molecular flexibility index (Phi) is 18.4. The monoisotopic (exact) mass is 286 g/mol. The van der Waals surface area contributed by atoms with E-state index in [1.165, 1.54) is 13.3 Å². The van der Waals surface area contributed by atoms with Crippen molar-refractivity contribution in [1.82, 2.24) is 4.90 Å². The Morgan fingerprint density at radius 3 is 1.60 bits per heavy atom. The highest BCUT2D eigenvalue weighted by molar-refractivity contribution is 6.15. The molecule has 0 aromatic heterocycles. The molecule has 1 unspecified atom stereocenters. The number of rotatable bonds is 3. The fourth-order valence-electron chi connectivity index (χ4n) is 1.17. The van der Waals surface area contributed by atoms with Gasteiger partial charge in [-0.15, -0.1) is 0 Å². The van der Waals surface area contributed by atoms with Crippen molar-refractivity contribution >= 4 is 17.6 Å². The average Bonchev–Trinajstić information content (AvgIpc) is 2.77. The largest absolute Gasteiger partial charge is 0.328 e. The zero-order chi connectivity index (χ0) is 16.7. The third-order valence-corrected chi connectivity index (χ3v) is 1.85. The second kappa shape index (κ2) is 15.6. The first-order valence-electron chi connectivity index (χ1n) is 7.25. The molecule has 20 heavy (non-hydrogen) atoms. The molecule has 1 atom stereocenters. The minimum Gasteiger partial charge on any atom is -0.328 e. The number of carbonyl (C=O) groups is 3. The third kappa shape index (κ3) is 8.58. The first kappa shape index (κ1) is 23.6. The molecule has 118 valence electrons. The number of carbonyl (C=O) groups excluding carboxylic acids is 3. The maximum Gasteiger partial charge on any atom is 0.254 e. The second-order valence-electron chi connectivity index (χ2n) is 3.45. The van der Waals surface area contributed by atoms with E-state index in [0.29, 0.717) is 0 Å². The highest BCUT2D eigenvalue weighted by atomic mass is 16.2. The van der Waals surface area contributed by atoms with Crippen LogP contribution in [0.15, 0.2) is 12.2 Å². The zero-order valence-electron chi connectivity index (χ0n) is 13.9. The van der Waals surface area contributed by atoms with Crippen LogP contribution in [0.1, 0.15) is 54.9 Å². The number of nitrogens with two attached hydrogens (primary N) is 1. The van der Waals surface area contributed by atoms with Gasteiger partial charge in [-0.2, -0.15) is 0 Å². The summed E-state index contributed by atoms with van der Waals surface area (Å²) in [6.07, 6.45) is 3.52. The fourth-order valence-corrected chi connectivity index (χ4v) is 1.17. The molecule has 0 spiro atoms. The molecule has 0 aliphatic carbocycles. The predicted molar refractivity (Wildman–Crippen MR) is 83.2 cm³/mol. The maximum atomic E-state index is 11.1. The molecule has 1 aliphatic rings. The average molecular weight is 286 g/mol. The Bertz CT molecular complexity index is 294. The van der Waals surface area contributed by atoms with Crippen LogP contribution in [0.3, 0.4) is 0 Å². The SMILES string of the molecule is CC.CC.CC(=O)C(CN)N1C(=O)C=CC1=O.CCC. The molecule has 0 radical (unpaired) electrons. The standard InChI is InChI=1S/C8H10N2O3.C3H8.2C2H6/c1-5(11)6(4-9)10-7(12)2-3-8(10)13;1-3-2;2*1-2/h2-3,6H,4,9H2,1H3;3H2,1-2H3;2*1-2H3. The van der Waals surface area contributed by atoms with E-state index >= 15 is 0 Å². The number of imide groups is 1. The highest BCUT2D eigenvalue weighted by Gasteiger charge is 2.32. The van der Waals surface area contributed by atoms with E-state index in [-0.39, 0.29) is 12.3 Å². The van der Waals surface area contributed by atoms with Crippen LogP contribution in [0.5, 0.6) is 0 Å². The molecule has 0 aromatic carbocycles. The normalized spacial score (nSPS) is 13.3. The van der Waals surface area contributed by atoms with Crippen molar-refractivity contribution in [1.29, 1.82) is 0 Å². The van der Waals surface area contributed by atoms with Crippen molar-refractivity contribution in [2.75, 3.05) is 6.54 Å². The van der Waals surface area contributed by atoms with Crippen molar-refractivity contribution in [3.8, 4) is 0 Å².